The predicted octanol–water partition coefficient (Wildman–Crippen LogP) is 3.70. The van der Waals surface area contributed by atoms with Crippen LogP contribution in [0.3, 0.4) is 0 Å². The van der Waals surface area contributed by atoms with Gasteiger partial charge in [0.2, 0.25) is 5.91 Å². The summed E-state index contributed by atoms with van der Waals surface area (Å²) in [6, 6.07) is 5.80. The number of aromatic nitrogens is 2. The summed E-state index contributed by atoms with van der Waals surface area (Å²) in [6.07, 6.45) is -0.182. The number of thioether (sulfide) groups is 1. The van der Waals surface area contributed by atoms with Crippen molar-refractivity contribution in [1.29, 1.82) is 0 Å². The molecule has 0 atom stereocenters. The average molecular weight is 425 g/mol. The van der Waals surface area contributed by atoms with Gasteiger partial charge in [0.05, 0.1) is 17.7 Å². The summed E-state index contributed by atoms with van der Waals surface area (Å²) < 4.78 is 43.1. The summed E-state index contributed by atoms with van der Waals surface area (Å²) in [6.45, 7) is -1.39. The second-order valence-corrected chi connectivity index (χ2v) is 8.28. The van der Waals surface area contributed by atoms with Gasteiger partial charge in [0, 0.05) is 5.25 Å². The van der Waals surface area contributed by atoms with E-state index < -0.39 is 12.8 Å². The third-order valence-electron chi connectivity index (χ3n) is 4.81. The maximum atomic E-state index is 13.1. The van der Waals surface area contributed by atoms with Crippen LogP contribution < -0.4 is 15.6 Å². The molecule has 0 bridgehead atoms. The highest BCUT2D eigenvalue weighted by atomic mass is 32.2. The van der Waals surface area contributed by atoms with Crippen molar-refractivity contribution in [1.82, 2.24) is 9.55 Å². The Morgan fingerprint density at radius 1 is 1.17 bits per heavy atom. The number of rotatable bonds is 5. The van der Waals surface area contributed by atoms with Crippen LogP contribution in [0.5, 0.6) is 5.75 Å². The van der Waals surface area contributed by atoms with E-state index >= 15 is 0 Å². The zero-order valence-corrected chi connectivity index (χ0v) is 16.1. The van der Waals surface area contributed by atoms with Crippen LogP contribution in [0.25, 0.3) is 5.69 Å². The van der Waals surface area contributed by atoms with Crippen molar-refractivity contribution in [3.8, 4) is 11.4 Å². The number of halogens is 3. The number of benzene rings is 1. The van der Waals surface area contributed by atoms with Gasteiger partial charge in [-0.2, -0.15) is 13.2 Å². The number of nitrogens with zero attached hydrogens (tertiary/aromatic N) is 2. The highest BCUT2D eigenvalue weighted by Gasteiger charge is 2.29. The molecule has 4 rings (SSSR count). The maximum absolute atomic E-state index is 13.1. The van der Waals surface area contributed by atoms with E-state index in [0.717, 1.165) is 25.7 Å². The Morgan fingerprint density at radius 3 is 2.52 bits per heavy atom. The van der Waals surface area contributed by atoms with Crippen molar-refractivity contribution in [3.05, 3.63) is 40.2 Å². The Balaban J connectivity index is 1.69. The first kappa shape index (κ1) is 19.8. The molecule has 0 unspecified atom stereocenters. The largest absolute Gasteiger partial charge is 0.484 e. The number of nitrogens with one attached hydrogen (secondary N) is 1. The van der Waals surface area contributed by atoms with Crippen molar-refractivity contribution in [2.75, 3.05) is 11.9 Å². The Labute approximate surface area is 168 Å². The van der Waals surface area contributed by atoms with E-state index in [1.807, 2.05) is 0 Å². The standard InChI is InChI=1S/C19H18F3N3O3S/c20-19(21,22)10-28-12-7-5-11(6-8-12)25-17(27)14-9-15(26)23-16(14)24-18(25)29-13-3-1-2-4-13/h5-8,13H,1-4,9-10H2,(H,23,26). The molecule has 2 aromatic rings. The fourth-order valence-corrected chi connectivity index (χ4v) is 4.76. The van der Waals surface area contributed by atoms with Crippen LogP contribution in [0, 0.1) is 0 Å². The molecule has 2 aliphatic rings. The molecule has 0 radical (unpaired) electrons. The molecular weight excluding hydrogens is 407 g/mol. The Kier molecular flexibility index (Phi) is 5.28. The molecule has 2 heterocycles. The van der Waals surface area contributed by atoms with Gasteiger partial charge in [-0.1, -0.05) is 24.6 Å². The van der Waals surface area contributed by atoms with Gasteiger partial charge in [-0.05, 0) is 37.1 Å². The lowest BCUT2D eigenvalue weighted by Crippen LogP contribution is -2.25. The molecule has 1 aromatic carbocycles. The number of carbonyl (C=O) groups excluding carboxylic acids is 1. The Bertz CT molecular complexity index is 983. The first-order valence-electron chi connectivity index (χ1n) is 9.22. The SMILES string of the molecule is O=C1Cc2c(nc(SC3CCCC3)n(-c3ccc(OCC(F)(F)F)cc3)c2=O)N1. The summed E-state index contributed by atoms with van der Waals surface area (Å²) in [5.74, 6) is 0.0621. The summed E-state index contributed by atoms with van der Waals surface area (Å²) in [5.41, 5.74) is 0.408. The van der Waals surface area contributed by atoms with E-state index in [9.17, 15) is 22.8 Å². The minimum Gasteiger partial charge on any atom is -0.484 e. The molecule has 0 saturated heterocycles. The number of anilines is 1. The fraction of sp³-hybridized carbons (Fsp3) is 0.421. The molecule has 1 aliphatic carbocycles. The van der Waals surface area contributed by atoms with Crippen LogP contribution in [0.2, 0.25) is 0 Å². The normalized spacial score (nSPS) is 16.7. The smallest absolute Gasteiger partial charge is 0.422 e. The monoisotopic (exact) mass is 425 g/mol. The molecule has 1 aliphatic heterocycles. The third-order valence-corrected chi connectivity index (χ3v) is 6.10. The molecule has 1 amide bonds. The molecular formula is C19H18F3N3O3S. The molecule has 29 heavy (non-hydrogen) atoms. The molecule has 0 spiro atoms. The topological polar surface area (TPSA) is 73.2 Å². The van der Waals surface area contributed by atoms with Crippen molar-refractivity contribution >= 4 is 23.5 Å². The number of alkyl halides is 3. The number of carbonyl (C=O) groups is 1. The molecule has 10 heteroatoms. The minimum atomic E-state index is -4.43. The zero-order chi connectivity index (χ0) is 20.6. The maximum Gasteiger partial charge on any atom is 0.422 e. The van der Waals surface area contributed by atoms with Gasteiger partial charge in [0.1, 0.15) is 11.6 Å². The van der Waals surface area contributed by atoms with Gasteiger partial charge < -0.3 is 10.1 Å². The fourth-order valence-electron chi connectivity index (χ4n) is 3.45. The van der Waals surface area contributed by atoms with Gasteiger partial charge >= 0.3 is 6.18 Å². The molecule has 1 N–H and O–H groups in total. The number of hydrogen-bond donors (Lipinski definition) is 1. The van der Waals surface area contributed by atoms with Gasteiger partial charge in [-0.3, -0.25) is 14.2 Å². The average Bonchev–Trinajstić information content (AvgIpc) is 3.29. The van der Waals surface area contributed by atoms with Crippen molar-refractivity contribution in [2.24, 2.45) is 0 Å². The van der Waals surface area contributed by atoms with Crippen LogP contribution >= 0.6 is 11.8 Å². The number of hydrogen-bond acceptors (Lipinski definition) is 5. The van der Waals surface area contributed by atoms with E-state index in [4.69, 9.17) is 4.74 Å². The Morgan fingerprint density at radius 2 is 1.86 bits per heavy atom. The van der Waals surface area contributed by atoms with Crippen LogP contribution in [0.1, 0.15) is 31.2 Å². The summed E-state index contributed by atoms with van der Waals surface area (Å²) in [7, 11) is 0. The van der Waals surface area contributed by atoms with Crippen LogP contribution in [-0.4, -0.2) is 33.5 Å². The molecule has 1 fully saturated rings. The minimum absolute atomic E-state index is 0.0394. The van der Waals surface area contributed by atoms with E-state index in [1.165, 1.54) is 40.6 Å². The Hall–Kier alpha value is -2.49. The van der Waals surface area contributed by atoms with Gasteiger partial charge in [0.15, 0.2) is 11.8 Å². The third kappa shape index (κ3) is 4.42. The van der Waals surface area contributed by atoms with Crippen molar-refractivity contribution < 1.29 is 22.7 Å². The summed E-state index contributed by atoms with van der Waals surface area (Å²) in [5, 5.41) is 3.41. The predicted molar refractivity (Wildman–Crippen MR) is 102 cm³/mol. The van der Waals surface area contributed by atoms with Crippen molar-refractivity contribution in [3.63, 3.8) is 0 Å². The number of fused-ring (bicyclic) bond motifs is 1. The van der Waals surface area contributed by atoms with Crippen molar-refractivity contribution in [2.45, 2.75) is 48.7 Å². The van der Waals surface area contributed by atoms with E-state index in [0.29, 0.717) is 27.5 Å². The first-order valence-corrected chi connectivity index (χ1v) is 10.1. The van der Waals surface area contributed by atoms with Crippen LogP contribution in [-0.2, 0) is 11.2 Å². The highest BCUT2D eigenvalue weighted by molar-refractivity contribution is 7.99. The quantitative estimate of drug-likeness (QED) is 0.740. The van der Waals surface area contributed by atoms with E-state index in [-0.39, 0.29) is 23.6 Å². The van der Waals surface area contributed by atoms with Crippen LogP contribution in [0.15, 0.2) is 34.2 Å². The van der Waals surface area contributed by atoms with Crippen LogP contribution in [0.4, 0.5) is 19.0 Å². The lowest BCUT2D eigenvalue weighted by molar-refractivity contribution is -0.153. The van der Waals surface area contributed by atoms with Gasteiger partial charge in [-0.15, -0.1) is 0 Å². The van der Waals surface area contributed by atoms with Gasteiger partial charge in [0.25, 0.3) is 5.56 Å². The van der Waals surface area contributed by atoms with E-state index in [1.54, 1.807) is 0 Å². The summed E-state index contributed by atoms with van der Waals surface area (Å²) >= 11 is 1.49. The van der Waals surface area contributed by atoms with Gasteiger partial charge in [-0.25, -0.2) is 4.98 Å². The number of amides is 1. The summed E-state index contributed by atoms with van der Waals surface area (Å²) in [4.78, 5) is 29.3. The lowest BCUT2D eigenvalue weighted by atomic mass is 10.2. The zero-order valence-electron chi connectivity index (χ0n) is 15.3. The molecule has 1 saturated carbocycles. The lowest BCUT2D eigenvalue weighted by Gasteiger charge is -2.16. The molecule has 154 valence electrons. The second-order valence-electron chi connectivity index (χ2n) is 7.01. The number of ether oxygens (including phenoxy) is 1. The van der Waals surface area contributed by atoms with E-state index in [2.05, 4.69) is 10.3 Å². The molecule has 6 nitrogen and oxygen atoms in total. The second kappa shape index (κ2) is 7.74. The highest BCUT2D eigenvalue weighted by Crippen LogP contribution is 2.35. The molecule has 1 aromatic heterocycles. The first-order chi connectivity index (χ1) is 13.8.